The van der Waals surface area contributed by atoms with Crippen LogP contribution in [0, 0.1) is 28.5 Å². The molecule has 0 bridgehead atoms. The van der Waals surface area contributed by atoms with E-state index >= 15 is 0 Å². The fourth-order valence-corrected chi connectivity index (χ4v) is 1.39. The van der Waals surface area contributed by atoms with Gasteiger partial charge < -0.3 is 0 Å². The first kappa shape index (κ1) is 11.5. The molecule has 74 valence electrons. The zero-order valence-electron chi connectivity index (χ0n) is 7.26. The van der Waals surface area contributed by atoms with E-state index in [0.717, 1.165) is 12.1 Å². The summed E-state index contributed by atoms with van der Waals surface area (Å²) in [5.41, 5.74) is -0.0548. The minimum absolute atomic E-state index is 0.136. The van der Waals surface area contributed by atoms with E-state index in [1.807, 2.05) is 0 Å². The molecule has 15 heavy (non-hydrogen) atoms. The number of halogens is 3. The molecule has 1 aromatic carbocycles. The minimum atomic E-state index is -0.650. The molecule has 0 atom stereocenters. The van der Waals surface area contributed by atoms with Crippen molar-refractivity contribution in [2.75, 3.05) is 0 Å². The topological polar surface area (TPSA) is 47.6 Å². The summed E-state index contributed by atoms with van der Waals surface area (Å²) in [7, 11) is 0. The molecule has 0 aromatic heterocycles. The van der Waals surface area contributed by atoms with Gasteiger partial charge in [-0.05, 0) is 18.2 Å². The van der Waals surface area contributed by atoms with Gasteiger partial charge in [-0.15, -0.1) is 0 Å². The standard InChI is InChI=1S/C10H3Cl2FN2/c11-8-1-2-9(13)10(12)7(8)3-6(4-14)5-15/h1-3H. The van der Waals surface area contributed by atoms with Crippen LogP contribution in [0.1, 0.15) is 5.56 Å². The van der Waals surface area contributed by atoms with Crippen LogP contribution in [0.5, 0.6) is 0 Å². The highest BCUT2D eigenvalue weighted by Gasteiger charge is 2.09. The molecule has 0 amide bonds. The largest absolute Gasteiger partial charge is 0.205 e. The van der Waals surface area contributed by atoms with E-state index in [1.54, 1.807) is 12.1 Å². The second kappa shape index (κ2) is 4.79. The van der Waals surface area contributed by atoms with Gasteiger partial charge in [0.15, 0.2) is 0 Å². The molecule has 0 aliphatic carbocycles. The Balaban J connectivity index is 3.40. The predicted octanol–water partition coefficient (Wildman–Crippen LogP) is 3.56. The number of hydrogen-bond acceptors (Lipinski definition) is 2. The summed E-state index contributed by atoms with van der Waals surface area (Å²) >= 11 is 11.4. The zero-order valence-corrected chi connectivity index (χ0v) is 8.77. The quantitative estimate of drug-likeness (QED) is 0.557. The van der Waals surface area contributed by atoms with Crippen LogP contribution in [-0.2, 0) is 0 Å². The predicted molar refractivity (Wildman–Crippen MR) is 55.6 cm³/mol. The monoisotopic (exact) mass is 240 g/mol. The molecule has 1 rings (SSSR count). The van der Waals surface area contributed by atoms with Crippen molar-refractivity contribution < 1.29 is 4.39 Å². The Hall–Kier alpha value is -1.55. The van der Waals surface area contributed by atoms with Gasteiger partial charge in [0.25, 0.3) is 0 Å². The van der Waals surface area contributed by atoms with Crippen LogP contribution in [0.15, 0.2) is 17.7 Å². The van der Waals surface area contributed by atoms with Crippen LogP contribution < -0.4 is 0 Å². The lowest BCUT2D eigenvalue weighted by atomic mass is 10.1. The molecule has 2 nitrogen and oxygen atoms in total. The Morgan fingerprint density at radius 2 is 1.87 bits per heavy atom. The minimum Gasteiger partial charge on any atom is -0.205 e. The highest BCUT2D eigenvalue weighted by Crippen LogP contribution is 2.29. The van der Waals surface area contributed by atoms with E-state index in [-0.39, 0.29) is 21.2 Å². The summed E-state index contributed by atoms with van der Waals surface area (Å²) in [5, 5.41) is 17.0. The summed E-state index contributed by atoms with van der Waals surface area (Å²) in [5.74, 6) is -0.650. The molecule has 0 saturated heterocycles. The van der Waals surface area contributed by atoms with E-state index < -0.39 is 5.82 Å². The van der Waals surface area contributed by atoms with Crippen LogP contribution in [0.4, 0.5) is 4.39 Å². The third-order valence-electron chi connectivity index (χ3n) is 1.61. The normalized spacial score (nSPS) is 8.87. The van der Waals surface area contributed by atoms with Crippen molar-refractivity contribution in [3.05, 3.63) is 39.1 Å². The summed E-state index contributed by atoms with van der Waals surface area (Å²) in [6, 6.07) is 5.69. The molecule has 0 spiro atoms. The fourth-order valence-electron chi connectivity index (χ4n) is 0.909. The second-order valence-electron chi connectivity index (χ2n) is 2.54. The third-order valence-corrected chi connectivity index (χ3v) is 2.32. The van der Waals surface area contributed by atoms with Crippen LogP contribution >= 0.6 is 23.2 Å². The lowest BCUT2D eigenvalue weighted by Crippen LogP contribution is -1.85. The van der Waals surface area contributed by atoms with E-state index in [0.29, 0.717) is 0 Å². The average molecular weight is 241 g/mol. The Morgan fingerprint density at radius 1 is 1.27 bits per heavy atom. The van der Waals surface area contributed by atoms with Crippen LogP contribution in [0.25, 0.3) is 6.08 Å². The maximum absolute atomic E-state index is 13.0. The van der Waals surface area contributed by atoms with Gasteiger partial charge in [-0.25, -0.2) is 4.39 Å². The van der Waals surface area contributed by atoms with E-state index in [1.165, 1.54) is 6.07 Å². The van der Waals surface area contributed by atoms with Crippen molar-refractivity contribution in [3.8, 4) is 12.1 Å². The second-order valence-corrected chi connectivity index (χ2v) is 3.32. The molecule has 1 aromatic rings. The highest BCUT2D eigenvalue weighted by molar-refractivity contribution is 6.37. The summed E-state index contributed by atoms with van der Waals surface area (Å²) in [6.45, 7) is 0. The van der Waals surface area contributed by atoms with Gasteiger partial charge >= 0.3 is 0 Å². The Bertz CT molecular complexity index is 493. The van der Waals surface area contributed by atoms with Crippen molar-refractivity contribution >= 4 is 29.3 Å². The number of benzene rings is 1. The van der Waals surface area contributed by atoms with Gasteiger partial charge in [-0.1, -0.05) is 23.2 Å². The van der Waals surface area contributed by atoms with Crippen LogP contribution in [0.2, 0.25) is 10.0 Å². The lowest BCUT2D eigenvalue weighted by molar-refractivity contribution is 0.628. The lowest BCUT2D eigenvalue weighted by Gasteiger charge is -2.02. The molecule has 0 fully saturated rings. The van der Waals surface area contributed by atoms with Crippen molar-refractivity contribution in [1.29, 1.82) is 10.5 Å². The number of nitrogens with zero attached hydrogens (tertiary/aromatic N) is 2. The van der Waals surface area contributed by atoms with Gasteiger partial charge in [0.1, 0.15) is 23.5 Å². The fraction of sp³-hybridized carbons (Fsp3) is 0. The van der Waals surface area contributed by atoms with Crippen molar-refractivity contribution in [2.45, 2.75) is 0 Å². The Labute approximate surface area is 95.8 Å². The Morgan fingerprint density at radius 3 is 2.40 bits per heavy atom. The maximum Gasteiger partial charge on any atom is 0.142 e. The molecule has 0 heterocycles. The molecular weight excluding hydrogens is 238 g/mol. The molecule has 0 unspecified atom stereocenters. The molecular formula is C10H3Cl2FN2. The molecule has 0 N–H and O–H groups in total. The zero-order chi connectivity index (χ0) is 11.4. The highest BCUT2D eigenvalue weighted by atomic mass is 35.5. The number of allylic oxidation sites excluding steroid dienone is 1. The van der Waals surface area contributed by atoms with Gasteiger partial charge in [0, 0.05) is 10.6 Å². The van der Waals surface area contributed by atoms with Crippen molar-refractivity contribution in [1.82, 2.24) is 0 Å². The number of nitriles is 2. The van der Waals surface area contributed by atoms with Gasteiger partial charge in [0.05, 0.1) is 5.02 Å². The van der Waals surface area contributed by atoms with Crippen LogP contribution in [-0.4, -0.2) is 0 Å². The SMILES string of the molecule is N#CC(C#N)=Cc1c(Cl)ccc(F)c1Cl. The maximum atomic E-state index is 13.0. The first-order valence-electron chi connectivity index (χ1n) is 3.75. The summed E-state index contributed by atoms with van der Waals surface area (Å²) in [4.78, 5) is 0. The van der Waals surface area contributed by atoms with Crippen molar-refractivity contribution in [3.63, 3.8) is 0 Å². The number of rotatable bonds is 1. The van der Waals surface area contributed by atoms with E-state index in [9.17, 15) is 4.39 Å². The average Bonchev–Trinajstić information content (AvgIpc) is 2.24. The van der Waals surface area contributed by atoms with Crippen LogP contribution in [0.3, 0.4) is 0 Å². The van der Waals surface area contributed by atoms with Gasteiger partial charge in [0.2, 0.25) is 0 Å². The number of hydrogen-bond donors (Lipinski definition) is 0. The van der Waals surface area contributed by atoms with E-state index in [2.05, 4.69) is 0 Å². The van der Waals surface area contributed by atoms with Gasteiger partial charge in [-0.2, -0.15) is 10.5 Å². The molecule has 0 aliphatic heterocycles. The van der Waals surface area contributed by atoms with Crippen molar-refractivity contribution in [2.24, 2.45) is 0 Å². The molecule has 0 aliphatic rings. The van der Waals surface area contributed by atoms with E-state index in [4.69, 9.17) is 33.7 Å². The first-order valence-corrected chi connectivity index (χ1v) is 4.51. The summed E-state index contributed by atoms with van der Waals surface area (Å²) in [6.07, 6.45) is 1.15. The molecule has 0 radical (unpaired) electrons. The molecule has 0 saturated carbocycles. The van der Waals surface area contributed by atoms with Gasteiger partial charge in [-0.3, -0.25) is 0 Å². The third kappa shape index (κ3) is 2.47. The molecule has 5 heteroatoms. The summed E-state index contributed by atoms with van der Waals surface area (Å²) < 4.78 is 13.0. The Kier molecular flexibility index (Phi) is 3.68. The first-order chi connectivity index (χ1) is 7.10. The smallest absolute Gasteiger partial charge is 0.142 e.